The summed E-state index contributed by atoms with van der Waals surface area (Å²) in [6.07, 6.45) is 0. The minimum absolute atomic E-state index is 0.323. The lowest BCUT2D eigenvalue weighted by Crippen LogP contribution is -1.79. The van der Waals surface area contributed by atoms with E-state index in [0.29, 0.717) is 11.5 Å². The van der Waals surface area contributed by atoms with Crippen molar-refractivity contribution in [3.63, 3.8) is 0 Å². The number of hydrogen-bond donors (Lipinski definition) is 2. The van der Waals surface area contributed by atoms with E-state index in [4.69, 9.17) is 5.11 Å². The first kappa shape index (κ1) is 7.48. The molecule has 0 amide bonds. The highest BCUT2D eigenvalue weighted by Crippen LogP contribution is 2.15. The second-order valence-corrected chi connectivity index (χ2v) is 2.65. The summed E-state index contributed by atoms with van der Waals surface area (Å²) in [6, 6.07) is 5.46. The predicted molar refractivity (Wildman–Crippen MR) is 45.5 cm³/mol. The normalized spacial score (nSPS) is 9.80. The highest BCUT2D eigenvalue weighted by Gasteiger charge is 1.93. The van der Waals surface area contributed by atoms with Gasteiger partial charge in [0.05, 0.1) is 0 Å². The van der Waals surface area contributed by atoms with Gasteiger partial charge in [-0.1, -0.05) is 6.07 Å². The zero-order valence-electron chi connectivity index (χ0n) is 5.83. The van der Waals surface area contributed by atoms with Crippen molar-refractivity contribution in [2.24, 2.45) is 0 Å². The standard InChI is InChI=1S/C8H10OS/c1-6-2-7(5-10)4-8(9)3-6/h2-4,9-10H,5H2,1H3. The molecule has 0 aromatic heterocycles. The lowest BCUT2D eigenvalue weighted by molar-refractivity contribution is 0.474. The van der Waals surface area contributed by atoms with Crippen molar-refractivity contribution < 1.29 is 5.11 Å². The molecule has 0 atom stereocenters. The van der Waals surface area contributed by atoms with Crippen LogP contribution in [0.4, 0.5) is 0 Å². The first-order chi connectivity index (χ1) is 4.72. The first-order valence-electron chi connectivity index (χ1n) is 3.13. The summed E-state index contributed by atoms with van der Waals surface area (Å²) in [5.41, 5.74) is 2.13. The van der Waals surface area contributed by atoms with Crippen molar-refractivity contribution in [3.8, 4) is 5.75 Å². The van der Waals surface area contributed by atoms with Crippen LogP contribution in [-0.4, -0.2) is 5.11 Å². The minimum atomic E-state index is 0.323. The summed E-state index contributed by atoms with van der Waals surface area (Å²) in [5.74, 6) is 0.999. The molecule has 0 aliphatic rings. The van der Waals surface area contributed by atoms with Crippen LogP contribution in [0.2, 0.25) is 0 Å². The molecule has 0 fully saturated rings. The molecule has 1 nitrogen and oxygen atoms in total. The molecule has 54 valence electrons. The Morgan fingerprint density at radius 1 is 1.40 bits per heavy atom. The van der Waals surface area contributed by atoms with E-state index in [2.05, 4.69) is 12.6 Å². The zero-order valence-corrected chi connectivity index (χ0v) is 6.73. The van der Waals surface area contributed by atoms with Crippen LogP contribution in [-0.2, 0) is 5.75 Å². The van der Waals surface area contributed by atoms with Crippen LogP contribution < -0.4 is 0 Å². The molecular formula is C8H10OS. The number of hydrogen-bond acceptors (Lipinski definition) is 2. The van der Waals surface area contributed by atoms with Crippen LogP contribution in [0.25, 0.3) is 0 Å². The molecule has 1 rings (SSSR count). The molecule has 0 saturated carbocycles. The molecule has 1 aromatic carbocycles. The third-order valence-corrected chi connectivity index (χ3v) is 1.67. The van der Waals surface area contributed by atoms with Gasteiger partial charge in [-0.15, -0.1) is 0 Å². The molecule has 0 saturated heterocycles. The molecule has 2 heteroatoms. The predicted octanol–water partition coefficient (Wildman–Crippen LogP) is 2.13. The second-order valence-electron chi connectivity index (χ2n) is 2.33. The summed E-state index contributed by atoms with van der Waals surface area (Å²) < 4.78 is 0. The molecule has 0 unspecified atom stereocenters. The number of benzene rings is 1. The van der Waals surface area contributed by atoms with Crippen LogP contribution in [0.5, 0.6) is 5.75 Å². The van der Waals surface area contributed by atoms with Gasteiger partial charge in [0.15, 0.2) is 0 Å². The topological polar surface area (TPSA) is 20.2 Å². The highest BCUT2D eigenvalue weighted by molar-refractivity contribution is 7.79. The maximum absolute atomic E-state index is 9.09. The van der Waals surface area contributed by atoms with Gasteiger partial charge in [-0.05, 0) is 30.2 Å². The van der Waals surface area contributed by atoms with Crippen LogP contribution >= 0.6 is 12.6 Å². The van der Waals surface area contributed by atoms with Crippen molar-refractivity contribution in [2.45, 2.75) is 12.7 Å². The molecule has 0 radical (unpaired) electrons. The summed E-state index contributed by atoms with van der Waals surface area (Å²) in [7, 11) is 0. The van der Waals surface area contributed by atoms with E-state index >= 15 is 0 Å². The van der Waals surface area contributed by atoms with Crippen molar-refractivity contribution in [2.75, 3.05) is 0 Å². The molecule has 0 aliphatic carbocycles. The third kappa shape index (κ3) is 1.67. The van der Waals surface area contributed by atoms with Gasteiger partial charge in [-0.3, -0.25) is 0 Å². The van der Waals surface area contributed by atoms with E-state index in [1.54, 1.807) is 12.1 Å². The number of phenolic OH excluding ortho intramolecular Hbond substituents is 1. The Morgan fingerprint density at radius 2 is 2.10 bits per heavy atom. The third-order valence-electron chi connectivity index (χ3n) is 1.30. The lowest BCUT2D eigenvalue weighted by atomic mass is 10.1. The summed E-state index contributed by atoms with van der Waals surface area (Å²) in [5, 5.41) is 9.09. The SMILES string of the molecule is Cc1cc(O)cc(CS)c1. The van der Waals surface area contributed by atoms with E-state index in [1.807, 2.05) is 13.0 Å². The highest BCUT2D eigenvalue weighted by atomic mass is 32.1. The number of aromatic hydroxyl groups is 1. The lowest BCUT2D eigenvalue weighted by Gasteiger charge is -1.98. The minimum Gasteiger partial charge on any atom is -0.508 e. The van der Waals surface area contributed by atoms with E-state index in [1.165, 1.54) is 0 Å². The van der Waals surface area contributed by atoms with E-state index in [-0.39, 0.29) is 0 Å². The smallest absolute Gasteiger partial charge is 0.116 e. The van der Waals surface area contributed by atoms with Crippen LogP contribution in [0.15, 0.2) is 18.2 Å². The summed E-state index contributed by atoms with van der Waals surface area (Å²) in [6.45, 7) is 1.95. The van der Waals surface area contributed by atoms with Gasteiger partial charge in [0.1, 0.15) is 5.75 Å². The average molecular weight is 154 g/mol. The number of thiol groups is 1. The Labute approximate surface area is 66.1 Å². The molecule has 0 heterocycles. The quantitative estimate of drug-likeness (QED) is 0.594. The van der Waals surface area contributed by atoms with Crippen LogP contribution in [0.1, 0.15) is 11.1 Å². The summed E-state index contributed by atoms with van der Waals surface area (Å²) >= 11 is 4.09. The fourth-order valence-corrected chi connectivity index (χ4v) is 1.11. The molecule has 1 N–H and O–H groups in total. The molecule has 1 aromatic rings. The Morgan fingerprint density at radius 3 is 2.60 bits per heavy atom. The van der Waals surface area contributed by atoms with Crippen molar-refractivity contribution in [3.05, 3.63) is 29.3 Å². The average Bonchev–Trinajstić information content (AvgIpc) is 1.85. The van der Waals surface area contributed by atoms with Gasteiger partial charge in [-0.25, -0.2) is 0 Å². The maximum atomic E-state index is 9.09. The Hall–Kier alpha value is -0.630. The Bertz CT molecular complexity index is 212. The van der Waals surface area contributed by atoms with Gasteiger partial charge in [0, 0.05) is 5.75 Å². The van der Waals surface area contributed by atoms with Gasteiger partial charge in [-0.2, -0.15) is 12.6 Å². The van der Waals surface area contributed by atoms with E-state index in [0.717, 1.165) is 11.1 Å². The van der Waals surface area contributed by atoms with Crippen LogP contribution in [0, 0.1) is 6.92 Å². The van der Waals surface area contributed by atoms with Crippen molar-refractivity contribution in [1.29, 1.82) is 0 Å². The van der Waals surface area contributed by atoms with Crippen molar-refractivity contribution >= 4 is 12.6 Å². The molecule has 10 heavy (non-hydrogen) atoms. The van der Waals surface area contributed by atoms with Crippen LogP contribution in [0.3, 0.4) is 0 Å². The zero-order chi connectivity index (χ0) is 7.56. The van der Waals surface area contributed by atoms with E-state index in [9.17, 15) is 0 Å². The fourth-order valence-electron chi connectivity index (χ4n) is 0.932. The number of rotatable bonds is 1. The van der Waals surface area contributed by atoms with E-state index < -0.39 is 0 Å². The summed E-state index contributed by atoms with van der Waals surface area (Å²) in [4.78, 5) is 0. The molecule has 0 spiro atoms. The molecule has 0 aliphatic heterocycles. The largest absolute Gasteiger partial charge is 0.508 e. The first-order valence-corrected chi connectivity index (χ1v) is 3.76. The molecular weight excluding hydrogens is 144 g/mol. The van der Waals surface area contributed by atoms with Gasteiger partial charge < -0.3 is 5.11 Å². The maximum Gasteiger partial charge on any atom is 0.116 e. The molecule has 0 bridgehead atoms. The second kappa shape index (κ2) is 2.97. The van der Waals surface area contributed by atoms with Gasteiger partial charge in [0.2, 0.25) is 0 Å². The van der Waals surface area contributed by atoms with Gasteiger partial charge >= 0.3 is 0 Å². The number of aryl methyl sites for hydroxylation is 1. The monoisotopic (exact) mass is 154 g/mol. The Kier molecular flexibility index (Phi) is 2.22. The number of phenols is 1. The van der Waals surface area contributed by atoms with Crippen molar-refractivity contribution in [1.82, 2.24) is 0 Å². The fraction of sp³-hybridized carbons (Fsp3) is 0.250. The Balaban J connectivity index is 3.06. The van der Waals surface area contributed by atoms with Gasteiger partial charge in [0.25, 0.3) is 0 Å².